The monoisotopic (exact) mass is 314 g/mol. The van der Waals surface area contributed by atoms with Gasteiger partial charge in [-0.3, -0.25) is 9.59 Å². The Morgan fingerprint density at radius 1 is 1.22 bits per heavy atom. The highest BCUT2D eigenvalue weighted by Crippen LogP contribution is 2.75. The molecule has 0 aromatic carbocycles. The minimum atomic E-state index is -1.11. The van der Waals surface area contributed by atoms with Crippen LogP contribution in [0.5, 0.6) is 0 Å². The maximum Gasteiger partial charge on any atom is 0.210 e. The third kappa shape index (κ3) is 1.32. The molecule has 0 radical (unpaired) electrons. The number of Topliss-reactive ketones (excluding diaryl/α,β-unsaturated/α-hetero) is 2. The van der Waals surface area contributed by atoms with Crippen LogP contribution in [0.15, 0.2) is 23.5 Å². The third-order valence-corrected chi connectivity index (χ3v) is 7.68. The van der Waals surface area contributed by atoms with Gasteiger partial charge >= 0.3 is 0 Å². The molecule has 23 heavy (non-hydrogen) atoms. The van der Waals surface area contributed by atoms with Crippen molar-refractivity contribution >= 4 is 11.6 Å². The first-order valence-corrected chi connectivity index (χ1v) is 8.88. The SMILES string of the molecule is C=C(C)C1C2CC(C)C3CCC(C)C4=C(O)C(=O)C1(C)C(=O)C432. The molecule has 2 bridgehead atoms. The molecule has 0 saturated heterocycles. The molecule has 7 atom stereocenters. The lowest BCUT2D eigenvalue weighted by molar-refractivity contribution is -0.146. The normalized spacial score (nSPS) is 51.2. The molecule has 3 nitrogen and oxygen atoms in total. The number of carbonyl (C=O) groups is 2. The van der Waals surface area contributed by atoms with Crippen molar-refractivity contribution < 1.29 is 14.7 Å². The fourth-order valence-electron chi connectivity index (χ4n) is 7.08. The van der Waals surface area contributed by atoms with Gasteiger partial charge in [0.2, 0.25) is 5.78 Å². The lowest BCUT2D eigenvalue weighted by atomic mass is 9.53. The van der Waals surface area contributed by atoms with Gasteiger partial charge in [-0.25, -0.2) is 0 Å². The number of ketones is 2. The fraction of sp³-hybridized carbons (Fsp3) is 0.700. The van der Waals surface area contributed by atoms with Gasteiger partial charge in [-0.2, -0.15) is 0 Å². The first kappa shape index (κ1) is 15.2. The molecule has 4 aliphatic carbocycles. The van der Waals surface area contributed by atoms with Gasteiger partial charge in [0.1, 0.15) is 5.41 Å². The number of aliphatic hydroxyl groups excluding tert-OH is 1. The van der Waals surface area contributed by atoms with Gasteiger partial charge in [0, 0.05) is 5.92 Å². The van der Waals surface area contributed by atoms with Gasteiger partial charge < -0.3 is 5.11 Å². The van der Waals surface area contributed by atoms with Crippen molar-refractivity contribution in [3.63, 3.8) is 0 Å². The van der Waals surface area contributed by atoms with Gasteiger partial charge in [0.05, 0.1) is 5.41 Å². The molecule has 3 saturated carbocycles. The maximum atomic E-state index is 13.7. The van der Waals surface area contributed by atoms with Crippen LogP contribution in [-0.4, -0.2) is 16.7 Å². The Morgan fingerprint density at radius 2 is 1.87 bits per heavy atom. The summed E-state index contributed by atoms with van der Waals surface area (Å²) in [7, 11) is 0. The van der Waals surface area contributed by atoms with Gasteiger partial charge in [0.15, 0.2) is 11.5 Å². The number of rotatable bonds is 1. The molecule has 1 spiro atoms. The highest BCUT2D eigenvalue weighted by Gasteiger charge is 2.78. The van der Waals surface area contributed by atoms with Crippen molar-refractivity contribution in [1.82, 2.24) is 0 Å². The molecular formula is C20H26O3. The van der Waals surface area contributed by atoms with E-state index in [1.807, 2.05) is 6.92 Å². The van der Waals surface area contributed by atoms with E-state index < -0.39 is 10.8 Å². The first-order valence-electron chi connectivity index (χ1n) is 8.88. The zero-order valence-electron chi connectivity index (χ0n) is 14.5. The molecule has 0 aromatic rings. The molecule has 0 aliphatic heterocycles. The second kappa shape index (κ2) is 4.17. The van der Waals surface area contributed by atoms with Crippen LogP contribution in [0.25, 0.3) is 0 Å². The molecule has 1 N–H and O–H groups in total. The zero-order chi connectivity index (χ0) is 16.9. The summed E-state index contributed by atoms with van der Waals surface area (Å²) in [5.74, 6) is 0.465. The summed E-state index contributed by atoms with van der Waals surface area (Å²) in [5, 5.41) is 10.8. The van der Waals surface area contributed by atoms with Crippen LogP contribution >= 0.6 is 0 Å². The predicted molar refractivity (Wildman–Crippen MR) is 87.7 cm³/mol. The quantitative estimate of drug-likeness (QED) is 0.591. The van der Waals surface area contributed by atoms with E-state index in [4.69, 9.17) is 0 Å². The third-order valence-electron chi connectivity index (χ3n) is 7.68. The largest absolute Gasteiger partial charge is 0.504 e. The molecule has 4 aliphatic rings. The van der Waals surface area contributed by atoms with Crippen LogP contribution in [0.4, 0.5) is 0 Å². The Balaban J connectivity index is 2.09. The molecule has 4 rings (SSSR count). The standard InChI is InChI=1S/C20H26O3/c1-9(2)14-13-8-11(4)12-7-6-10(3)15-16(21)17(22)19(14,5)18(23)20(12,13)15/h10-14,21H,1,6-8H2,2-5H3. The van der Waals surface area contributed by atoms with Crippen molar-refractivity contribution in [3.8, 4) is 0 Å². The lowest BCUT2D eigenvalue weighted by Crippen LogP contribution is -2.53. The summed E-state index contributed by atoms with van der Waals surface area (Å²) in [6, 6.07) is 0. The fourth-order valence-corrected chi connectivity index (χ4v) is 7.08. The van der Waals surface area contributed by atoms with E-state index in [2.05, 4.69) is 20.4 Å². The summed E-state index contributed by atoms with van der Waals surface area (Å²) in [5.41, 5.74) is -0.0250. The van der Waals surface area contributed by atoms with Crippen molar-refractivity contribution in [2.24, 2.45) is 40.4 Å². The van der Waals surface area contributed by atoms with E-state index in [0.717, 1.165) is 30.4 Å². The summed E-state index contributed by atoms with van der Waals surface area (Å²) >= 11 is 0. The average molecular weight is 314 g/mol. The van der Waals surface area contributed by atoms with Crippen molar-refractivity contribution in [2.45, 2.75) is 47.0 Å². The van der Waals surface area contributed by atoms with Crippen LogP contribution in [0, 0.1) is 40.4 Å². The zero-order valence-corrected chi connectivity index (χ0v) is 14.5. The van der Waals surface area contributed by atoms with Crippen molar-refractivity contribution in [1.29, 1.82) is 0 Å². The predicted octanol–water partition coefficient (Wildman–Crippen LogP) is 3.85. The molecule has 0 heterocycles. The van der Waals surface area contributed by atoms with Gasteiger partial charge in [-0.05, 0) is 62.4 Å². The van der Waals surface area contributed by atoms with E-state index >= 15 is 0 Å². The summed E-state index contributed by atoms with van der Waals surface area (Å²) in [6.45, 7) is 12.1. The summed E-state index contributed by atoms with van der Waals surface area (Å²) in [6.07, 6.45) is 2.94. The second-order valence-corrected chi connectivity index (χ2v) is 8.72. The minimum Gasteiger partial charge on any atom is -0.504 e. The van der Waals surface area contributed by atoms with Crippen LogP contribution in [0.1, 0.15) is 47.0 Å². The van der Waals surface area contributed by atoms with Gasteiger partial charge in [0.25, 0.3) is 0 Å². The van der Waals surface area contributed by atoms with Gasteiger partial charge in [-0.1, -0.05) is 26.0 Å². The van der Waals surface area contributed by atoms with Crippen molar-refractivity contribution in [2.75, 3.05) is 0 Å². The van der Waals surface area contributed by atoms with Crippen LogP contribution in [0.3, 0.4) is 0 Å². The van der Waals surface area contributed by atoms with Crippen LogP contribution in [-0.2, 0) is 9.59 Å². The first-order chi connectivity index (χ1) is 10.7. The molecule has 3 fully saturated rings. The van der Waals surface area contributed by atoms with Crippen molar-refractivity contribution in [3.05, 3.63) is 23.5 Å². The Labute approximate surface area is 137 Å². The molecule has 124 valence electrons. The number of carbonyl (C=O) groups excluding carboxylic acids is 2. The minimum absolute atomic E-state index is 0.0849. The Morgan fingerprint density at radius 3 is 2.48 bits per heavy atom. The maximum absolute atomic E-state index is 13.7. The number of fused-ring (bicyclic) bond motifs is 1. The van der Waals surface area contributed by atoms with E-state index in [-0.39, 0.29) is 41.0 Å². The van der Waals surface area contributed by atoms with Crippen LogP contribution in [0.2, 0.25) is 0 Å². The van der Waals surface area contributed by atoms with Crippen LogP contribution < -0.4 is 0 Å². The number of allylic oxidation sites excluding steroid dienone is 3. The Bertz CT molecular complexity index is 687. The number of hydrogen-bond acceptors (Lipinski definition) is 3. The van der Waals surface area contributed by atoms with E-state index in [0.29, 0.717) is 5.92 Å². The van der Waals surface area contributed by atoms with Gasteiger partial charge in [-0.15, -0.1) is 0 Å². The molecular weight excluding hydrogens is 288 g/mol. The van der Waals surface area contributed by atoms with E-state index in [1.54, 1.807) is 6.92 Å². The van der Waals surface area contributed by atoms with E-state index in [9.17, 15) is 14.7 Å². The number of hydrogen-bond donors (Lipinski definition) is 1. The van der Waals surface area contributed by atoms with E-state index in [1.165, 1.54) is 0 Å². The highest BCUT2D eigenvalue weighted by molar-refractivity contribution is 6.21. The second-order valence-electron chi connectivity index (χ2n) is 8.72. The smallest absolute Gasteiger partial charge is 0.210 e. The molecule has 0 aromatic heterocycles. The topological polar surface area (TPSA) is 54.4 Å². The lowest BCUT2D eigenvalue weighted by Gasteiger charge is -2.47. The Hall–Kier alpha value is -1.38. The Kier molecular flexibility index (Phi) is 2.75. The highest BCUT2D eigenvalue weighted by atomic mass is 16.3. The summed E-state index contributed by atoms with van der Waals surface area (Å²) in [4.78, 5) is 26.7. The average Bonchev–Trinajstić information content (AvgIpc) is 2.83. The number of aliphatic hydroxyl groups is 1. The molecule has 3 heteroatoms. The molecule has 7 unspecified atom stereocenters. The molecule has 0 amide bonds. The summed E-state index contributed by atoms with van der Waals surface area (Å²) < 4.78 is 0.